The van der Waals surface area contributed by atoms with Gasteiger partial charge in [-0.25, -0.2) is 0 Å². The van der Waals surface area contributed by atoms with Crippen LogP contribution in [0.5, 0.6) is 0 Å². The molecule has 19 heavy (non-hydrogen) atoms. The summed E-state index contributed by atoms with van der Waals surface area (Å²) >= 11 is 1.74. The molecule has 3 N–H and O–H groups in total. The highest BCUT2D eigenvalue weighted by molar-refractivity contribution is 7.99. The number of benzene rings is 2. The lowest BCUT2D eigenvalue weighted by atomic mass is 10.1. The van der Waals surface area contributed by atoms with E-state index >= 15 is 0 Å². The molecule has 3 aromatic rings. The number of rotatable bonds is 3. The van der Waals surface area contributed by atoms with Crippen LogP contribution in [-0.2, 0) is 0 Å². The van der Waals surface area contributed by atoms with Crippen LogP contribution in [0.15, 0.2) is 64.5 Å². The van der Waals surface area contributed by atoms with Gasteiger partial charge in [-0.1, -0.05) is 42.1 Å². The van der Waals surface area contributed by atoms with Crippen LogP contribution < -0.4 is 5.73 Å². The Hall–Kier alpha value is -1.71. The molecule has 0 spiro atoms. The van der Waals surface area contributed by atoms with E-state index in [1.54, 1.807) is 11.8 Å². The molecule has 96 valence electrons. The lowest BCUT2D eigenvalue weighted by molar-refractivity contribution is 0.817. The predicted octanol–water partition coefficient (Wildman–Crippen LogP) is 4.34. The second kappa shape index (κ2) is 5.11. The number of para-hydroxylation sites is 1. The Morgan fingerprint density at radius 1 is 1.05 bits per heavy atom. The third-order valence-electron chi connectivity index (χ3n) is 3.14. The molecular weight excluding hydrogens is 252 g/mol. The van der Waals surface area contributed by atoms with Crippen molar-refractivity contribution in [3.63, 3.8) is 0 Å². The first kappa shape index (κ1) is 12.3. The molecule has 0 radical (unpaired) electrons. The normalized spacial score (nSPS) is 12.7. The van der Waals surface area contributed by atoms with Gasteiger partial charge in [0.1, 0.15) is 0 Å². The lowest BCUT2D eigenvalue weighted by Crippen LogP contribution is -2.04. The summed E-state index contributed by atoms with van der Waals surface area (Å²) in [6.07, 6.45) is 0. The van der Waals surface area contributed by atoms with Crippen LogP contribution in [0.25, 0.3) is 10.9 Å². The van der Waals surface area contributed by atoms with Crippen molar-refractivity contribution < 1.29 is 0 Å². The Labute approximate surface area is 117 Å². The third kappa shape index (κ3) is 2.67. The maximum Gasteiger partial charge on any atom is 0.0780 e. The maximum absolute atomic E-state index is 5.85. The Morgan fingerprint density at radius 3 is 2.47 bits per heavy atom. The molecule has 0 bridgehead atoms. The number of fused-ring (bicyclic) bond motifs is 1. The van der Waals surface area contributed by atoms with Crippen LogP contribution in [0.4, 0.5) is 0 Å². The van der Waals surface area contributed by atoms with Crippen molar-refractivity contribution in [3.05, 3.63) is 60.2 Å². The molecule has 2 nitrogen and oxygen atoms in total. The average Bonchev–Trinajstić information content (AvgIpc) is 2.81. The van der Waals surface area contributed by atoms with E-state index in [1.165, 1.54) is 21.4 Å². The number of H-pyrrole nitrogens is 1. The monoisotopic (exact) mass is 268 g/mol. The molecule has 2 aromatic carbocycles. The van der Waals surface area contributed by atoms with Gasteiger partial charge in [-0.15, -0.1) is 0 Å². The van der Waals surface area contributed by atoms with Gasteiger partial charge in [0, 0.05) is 21.8 Å². The van der Waals surface area contributed by atoms with Gasteiger partial charge in [0.05, 0.1) is 5.03 Å². The maximum atomic E-state index is 5.85. The highest BCUT2D eigenvalue weighted by Gasteiger charge is 2.03. The first-order chi connectivity index (χ1) is 9.22. The molecule has 0 saturated carbocycles. The minimum Gasteiger partial charge on any atom is -0.349 e. The zero-order chi connectivity index (χ0) is 13.2. The van der Waals surface area contributed by atoms with Crippen molar-refractivity contribution >= 4 is 22.7 Å². The summed E-state index contributed by atoms with van der Waals surface area (Å²) in [5.74, 6) is 0. The molecule has 3 rings (SSSR count). The van der Waals surface area contributed by atoms with Crippen LogP contribution in [0.2, 0.25) is 0 Å². The zero-order valence-electron chi connectivity index (χ0n) is 10.8. The standard InChI is InChI=1S/C16H16N2S/c1-11(17)12-6-8-14(9-7-12)19-16-10-13-4-2-3-5-15(13)18-16/h2-11,18H,17H2,1H3/t11-/m1/s1. The summed E-state index contributed by atoms with van der Waals surface area (Å²) in [5, 5.41) is 2.41. The van der Waals surface area contributed by atoms with E-state index in [-0.39, 0.29) is 6.04 Å². The number of aromatic nitrogens is 1. The van der Waals surface area contributed by atoms with E-state index in [2.05, 4.69) is 53.5 Å². The number of nitrogens with two attached hydrogens (primary N) is 1. The van der Waals surface area contributed by atoms with E-state index in [9.17, 15) is 0 Å². The first-order valence-electron chi connectivity index (χ1n) is 6.33. The SMILES string of the molecule is C[C@@H](N)c1ccc(Sc2cc3ccccc3[nH]2)cc1. The number of hydrogen-bond acceptors (Lipinski definition) is 2. The highest BCUT2D eigenvalue weighted by atomic mass is 32.2. The number of aromatic amines is 1. The fourth-order valence-corrected chi connectivity index (χ4v) is 2.94. The van der Waals surface area contributed by atoms with Gasteiger partial charge < -0.3 is 10.7 Å². The highest BCUT2D eigenvalue weighted by Crippen LogP contribution is 2.30. The van der Waals surface area contributed by atoms with Crippen molar-refractivity contribution in [2.45, 2.75) is 22.9 Å². The number of hydrogen-bond donors (Lipinski definition) is 2. The first-order valence-corrected chi connectivity index (χ1v) is 7.15. The van der Waals surface area contributed by atoms with Crippen molar-refractivity contribution in [2.75, 3.05) is 0 Å². The van der Waals surface area contributed by atoms with Crippen molar-refractivity contribution in [1.29, 1.82) is 0 Å². The summed E-state index contributed by atoms with van der Waals surface area (Å²) in [6, 6.07) is 19.0. The molecule has 1 atom stereocenters. The summed E-state index contributed by atoms with van der Waals surface area (Å²) in [5.41, 5.74) is 8.20. The molecule has 0 aliphatic rings. The largest absolute Gasteiger partial charge is 0.349 e. The van der Waals surface area contributed by atoms with Crippen molar-refractivity contribution in [3.8, 4) is 0 Å². The molecule has 0 amide bonds. The van der Waals surface area contributed by atoms with Gasteiger partial charge in [0.25, 0.3) is 0 Å². The second-order valence-electron chi connectivity index (χ2n) is 4.68. The van der Waals surface area contributed by atoms with Gasteiger partial charge >= 0.3 is 0 Å². The molecule has 0 aliphatic heterocycles. The summed E-state index contributed by atoms with van der Waals surface area (Å²) in [6.45, 7) is 2.00. The summed E-state index contributed by atoms with van der Waals surface area (Å²) in [4.78, 5) is 4.64. The second-order valence-corrected chi connectivity index (χ2v) is 5.80. The fourth-order valence-electron chi connectivity index (χ4n) is 2.07. The van der Waals surface area contributed by atoms with Gasteiger partial charge in [0.2, 0.25) is 0 Å². The summed E-state index contributed by atoms with van der Waals surface area (Å²) in [7, 11) is 0. The van der Waals surface area contributed by atoms with Crippen molar-refractivity contribution in [2.24, 2.45) is 5.73 Å². The topological polar surface area (TPSA) is 41.8 Å². The smallest absolute Gasteiger partial charge is 0.0780 e. The lowest BCUT2D eigenvalue weighted by Gasteiger charge is -2.06. The predicted molar refractivity (Wildman–Crippen MR) is 81.5 cm³/mol. The minimum atomic E-state index is 0.0899. The molecule has 3 heteroatoms. The quantitative estimate of drug-likeness (QED) is 0.742. The zero-order valence-corrected chi connectivity index (χ0v) is 11.6. The average molecular weight is 268 g/mol. The van der Waals surface area contributed by atoms with E-state index in [0.29, 0.717) is 0 Å². The molecule has 0 aliphatic carbocycles. The molecule has 0 saturated heterocycles. The Bertz CT molecular complexity index is 650. The summed E-state index contributed by atoms with van der Waals surface area (Å²) < 4.78 is 0. The van der Waals surface area contributed by atoms with E-state index in [4.69, 9.17) is 5.73 Å². The van der Waals surface area contributed by atoms with E-state index in [1.807, 2.05) is 13.0 Å². The van der Waals surface area contributed by atoms with Crippen LogP contribution in [0.1, 0.15) is 18.5 Å². The van der Waals surface area contributed by atoms with Gasteiger partial charge in [-0.2, -0.15) is 0 Å². The third-order valence-corrected chi connectivity index (χ3v) is 4.09. The van der Waals surface area contributed by atoms with E-state index in [0.717, 1.165) is 5.03 Å². The van der Waals surface area contributed by atoms with Crippen LogP contribution in [0.3, 0.4) is 0 Å². The minimum absolute atomic E-state index is 0.0899. The fraction of sp³-hybridized carbons (Fsp3) is 0.125. The van der Waals surface area contributed by atoms with Gasteiger partial charge in [0.15, 0.2) is 0 Å². The van der Waals surface area contributed by atoms with Crippen LogP contribution in [0, 0.1) is 0 Å². The molecular formula is C16H16N2S. The molecule has 1 heterocycles. The van der Waals surface area contributed by atoms with Gasteiger partial charge in [-0.3, -0.25) is 0 Å². The number of nitrogens with one attached hydrogen (secondary N) is 1. The van der Waals surface area contributed by atoms with E-state index < -0.39 is 0 Å². The van der Waals surface area contributed by atoms with Crippen molar-refractivity contribution in [1.82, 2.24) is 4.98 Å². The Balaban J connectivity index is 1.84. The molecule has 0 unspecified atom stereocenters. The molecule has 0 fully saturated rings. The Kier molecular flexibility index (Phi) is 3.32. The van der Waals surface area contributed by atoms with Crippen LogP contribution in [-0.4, -0.2) is 4.98 Å². The molecule has 1 aromatic heterocycles. The Morgan fingerprint density at radius 2 is 1.79 bits per heavy atom. The van der Waals surface area contributed by atoms with Crippen LogP contribution >= 0.6 is 11.8 Å². The van der Waals surface area contributed by atoms with Gasteiger partial charge in [-0.05, 0) is 36.8 Å².